The number of aryl methyl sites for hydroxylation is 1. The maximum atomic E-state index is 13.1. The molecule has 1 fully saturated rings. The van der Waals surface area contributed by atoms with Crippen molar-refractivity contribution >= 4 is 11.8 Å². The van der Waals surface area contributed by atoms with Gasteiger partial charge in [0.25, 0.3) is 5.91 Å². The van der Waals surface area contributed by atoms with Crippen LogP contribution in [0, 0.1) is 6.92 Å². The zero-order valence-corrected chi connectivity index (χ0v) is 15.4. The monoisotopic (exact) mass is 356 g/mol. The Morgan fingerprint density at radius 2 is 2.12 bits per heavy atom. The molecule has 0 radical (unpaired) electrons. The van der Waals surface area contributed by atoms with E-state index >= 15 is 0 Å². The van der Waals surface area contributed by atoms with Crippen LogP contribution in [0.5, 0.6) is 0 Å². The lowest BCUT2D eigenvalue weighted by molar-refractivity contribution is -0.138. The lowest BCUT2D eigenvalue weighted by Gasteiger charge is -2.39. The minimum absolute atomic E-state index is 0.0190. The van der Waals surface area contributed by atoms with Gasteiger partial charge in [0.1, 0.15) is 6.04 Å². The fourth-order valence-electron chi connectivity index (χ4n) is 3.24. The first-order valence-corrected chi connectivity index (χ1v) is 8.94. The maximum Gasteiger partial charge on any atom is 0.254 e. The summed E-state index contributed by atoms with van der Waals surface area (Å²) < 4.78 is 1.58. The van der Waals surface area contributed by atoms with E-state index < -0.39 is 0 Å². The smallest absolute Gasteiger partial charge is 0.254 e. The van der Waals surface area contributed by atoms with Crippen molar-refractivity contribution < 1.29 is 9.59 Å². The van der Waals surface area contributed by atoms with E-state index in [9.17, 15) is 9.59 Å². The number of rotatable bonds is 5. The number of hydrogen-bond donors (Lipinski definition) is 0. The van der Waals surface area contributed by atoms with Gasteiger partial charge in [-0.15, -0.1) is 5.10 Å². The number of benzene rings is 1. The summed E-state index contributed by atoms with van der Waals surface area (Å²) in [6, 6.07) is 6.81. The summed E-state index contributed by atoms with van der Waals surface area (Å²) in [5.41, 5.74) is 1.26. The highest BCUT2D eigenvalue weighted by molar-refractivity contribution is 5.98. The topological polar surface area (TPSA) is 84.2 Å². The second-order valence-corrected chi connectivity index (χ2v) is 6.60. The highest BCUT2D eigenvalue weighted by Gasteiger charge is 2.35. The molecule has 2 aromatic rings. The molecule has 1 saturated heterocycles. The average Bonchev–Trinajstić information content (AvgIpc) is 3.08. The molecule has 1 atom stereocenters. The molecule has 1 aromatic heterocycles. The molecule has 1 aromatic carbocycles. The first kappa shape index (κ1) is 18.0. The van der Waals surface area contributed by atoms with Crippen molar-refractivity contribution in [2.75, 3.05) is 20.1 Å². The van der Waals surface area contributed by atoms with Crippen LogP contribution in [-0.2, 0) is 4.79 Å². The quantitative estimate of drug-likeness (QED) is 0.809. The number of likely N-dealkylation sites (N-methyl/N-ethyl adjacent to an activating group) is 1. The summed E-state index contributed by atoms with van der Waals surface area (Å²) >= 11 is 0. The molecule has 0 unspecified atom stereocenters. The number of carbonyl (C=O) groups is 2. The average molecular weight is 356 g/mol. The van der Waals surface area contributed by atoms with Crippen molar-refractivity contribution in [1.82, 2.24) is 30.0 Å². The van der Waals surface area contributed by atoms with E-state index in [-0.39, 0.29) is 17.9 Å². The van der Waals surface area contributed by atoms with Gasteiger partial charge in [0.15, 0.2) is 5.82 Å². The van der Waals surface area contributed by atoms with E-state index in [1.54, 1.807) is 40.6 Å². The lowest BCUT2D eigenvalue weighted by Crippen LogP contribution is -2.57. The predicted molar refractivity (Wildman–Crippen MR) is 95.9 cm³/mol. The Morgan fingerprint density at radius 1 is 1.31 bits per heavy atom. The van der Waals surface area contributed by atoms with Gasteiger partial charge in [-0.3, -0.25) is 9.59 Å². The lowest BCUT2D eigenvalue weighted by atomic mass is 10.0. The molecule has 0 N–H and O–H groups in total. The molecule has 0 spiro atoms. The van der Waals surface area contributed by atoms with Crippen molar-refractivity contribution in [3.63, 3.8) is 0 Å². The summed E-state index contributed by atoms with van der Waals surface area (Å²) in [5.74, 6) is 0.538. The van der Waals surface area contributed by atoms with Crippen molar-refractivity contribution in [3.8, 4) is 5.69 Å². The summed E-state index contributed by atoms with van der Waals surface area (Å²) in [6.45, 7) is 4.98. The molecule has 2 heterocycles. The number of unbranched alkanes of at least 4 members (excludes halogenated alkanes) is 1. The van der Waals surface area contributed by atoms with Crippen molar-refractivity contribution in [2.45, 2.75) is 39.2 Å². The van der Waals surface area contributed by atoms with Crippen LogP contribution < -0.4 is 0 Å². The Morgan fingerprint density at radius 3 is 2.81 bits per heavy atom. The Hall–Kier alpha value is -2.77. The highest BCUT2D eigenvalue weighted by atomic mass is 16.2. The zero-order valence-electron chi connectivity index (χ0n) is 15.4. The van der Waals surface area contributed by atoms with Gasteiger partial charge in [0.05, 0.1) is 5.69 Å². The van der Waals surface area contributed by atoms with Crippen molar-refractivity contribution in [1.29, 1.82) is 0 Å². The van der Waals surface area contributed by atoms with Crippen LogP contribution in [0.15, 0.2) is 24.3 Å². The van der Waals surface area contributed by atoms with Crippen LogP contribution in [0.2, 0.25) is 0 Å². The number of amides is 2. The van der Waals surface area contributed by atoms with Gasteiger partial charge in [-0.25, -0.2) is 0 Å². The largest absolute Gasteiger partial charge is 0.342 e. The van der Waals surface area contributed by atoms with Crippen LogP contribution in [0.4, 0.5) is 0 Å². The van der Waals surface area contributed by atoms with Gasteiger partial charge in [-0.05, 0) is 42.0 Å². The molecule has 0 aliphatic carbocycles. The molecule has 8 heteroatoms. The number of piperazine rings is 1. The minimum atomic E-state index is -0.389. The summed E-state index contributed by atoms with van der Waals surface area (Å²) in [4.78, 5) is 29.1. The molecule has 2 amide bonds. The third kappa shape index (κ3) is 3.44. The molecule has 3 rings (SSSR count). The molecule has 1 aliphatic heterocycles. The number of hydrogen-bond acceptors (Lipinski definition) is 5. The zero-order chi connectivity index (χ0) is 18.7. The van der Waals surface area contributed by atoms with E-state index in [1.807, 2.05) is 12.1 Å². The molecular weight excluding hydrogens is 332 g/mol. The second-order valence-electron chi connectivity index (χ2n) is 6.60. The van der Waals surface area contributed by atoms with Gasteiger partial charge >= 0.3 is 0 Å². The third-order valence-corrected chi connectivity index (χ3v) is 4.77. The molecule has 0 saturated carbocycles. The SMILES string of the molecule is CCCC[C@H]1C(=O)N(C)CCN1C(=O)c1cccc(-n2nnnc2C)c1. The Balaban J connectivity index is 1.87. The number of nitrogens with zero attached hydrogens (tertiary/aromatic N) is 6. The van der Waals surface area contributed by atoms with Crippen LogP contribution in [0.1, 0.15) is 42.4 Å². The fourth-order valence-corrected chi connectivity index (χ4v) is 3.24. The van der Waals surface area contributed by atoms with Gasteiger partial charge in [-0.2, -0.15) is 4.68 Å². The number of tetrazole rings is 1. The Kier molecular flexibility index (Phi) is 5.29. The maximum absolute atomic E-state index is 13.1. The van der Waals surface area contributed by atoms with Gasteiger partial charge in [0.2, 0.25) is 5.91 Å². The second kappa shape index (κ2) is 7.63. The highest BCUT2D eigenvalue weighted by Crippen LogP contribution is 2.20. The summed E-state index contributed by atoms with van der Waals surface area (Å²) in [5, 5.41) is 11.5. The third-order valence-electron chi connectivity index (χ3n) is 4.77. The molecule has 26 heavy (non-hydrogen) atoms. The fraction of sp³-hybridized carbons (Fsp3) is 0.500. The first-order chi connectivity index (χ1) is 12.5. The van der Waals surface area contributed by atoms with Gasteiger partial charge in [-0.1, -0.05) is 25.8 Å². The Bertz CT molecular complexity index is 802. The summed E-state index contributed by atoms with van der Waals surface area (Å²) in [6.07, 6.45) is 2.60. The van der Waals surface area contributed by atoms with Gasteiger partial charge < -0.3 is 9.80 Å². The van der Waals surface area contributed by atoms with Gasteiger partial charge in [0, 0.05) is 25.7 Å². The minimum Gasteiger partial charge on any atom is -0.342 e. The van der Waals surface area contributed by atoms with Crippen LogP contribution >= 0.6 is 0 Å². The number of carbonyl (C=O) groups excluding carboxylic acids is 2. The number of aromatic nitrogens is 4. The van der Waals surface area contributed by atoms with Crippen molar-refractivity contribution in [3.05, 3.63) is 35.7 Å². The van der Waals surface area contributed by atoms with Crippen molar-refractivity contribution in [2.24, 2.45) is 0 Å². The standard InChI is InChI=1S/C18H24N6O2/c1-4-5-9-16-18(26)22(3)10-11-23(16)17(25)14-7-6-8-15(12-14)24-13(2)19-20-21-24/h6-8,12,16H,4-5,9-11H2,1-3H3/t16-/m0/s1. The normalized spacial score (nSPS) is 17.7. The van der Waals surface area contributed by atoms with E-state index in [4.69, 9.17) is 0 Å². The van der Waals surface area contributed by atoms with E-state index in [1.165, 1.54) is 0 Å². The first-order valence-electron chi connectivity index (χ1n) is 8.94. The van der Waals surface area contributed by atoms with Crippen LogP contribution in [0.25, 0.3) is 5.69 Å². The van der Waals surface area contributed by atoms with E-state index in [0.717, 1.165) is 18.5 Å². The van der Waals surface area contributed by atoms with E-state index in [2.05, 4.69) is 22.4 Å². The molecular formula is C18H24N6O2. The Labute approximate surface area is 152 Å². The molecule has 8 nitrogen and oxygen atoms in total. The predicted octanol–water partition coefficient (Wildman–Crippen LogP) is 1.44. The molecule has 1 aliphatic rings. The van der Waals surface area contributed by atoms with E-state index in [0.29, 0.717) is 30.9 Å². The van der Waals surface area contributed by atoms with Crippen LogP contribution in [0.3, 0.4) is 0 Å². The molecule has 0 bridgehead atoms. The summed E-state index contributed by atoms with van der Waals surface area (Å²) in [7, 11) is 1.80. The van der Waals surface area contributed by atoms with Crippen LogP contribution in [-0.4, -0.2) is 68.0 Å². The molecule has 138 valence electrons.